The predicted molar refractivity (Wildman–Crippen MR) is 126 cm³/mol. The fourth-order valence-electron chi connectivity index (χ4n) is 3.02. The zero-order chi connectivity index (χ0) is 23.0. The number of furan rings is 1. The van der Waals surface area contributed by atoms with Crippen LogP contribution >= 0.6 is 23.4 Å². The van der Waals surface area contributed by atoms with Crippen LogP contribution < -0.4 is 10.6 Å². The minimum Gasteiger partial charge on any atom is -0.467 e. The molecule has 0 aliphatic rings. The maximum absolute atomic E-state index is 12.3. The third-order valence-corrected chi connectivity index (χ3v) is 5.81. The Hall–Kier alpha value is -3.56. The molecule has 8 nitrogen and oxygen atoms in total. The van der Waals surface area contributed by atoms with Gasteiger partial charge in [-0.3, -0.25) is 14.7 Å². The SMILES string of the molecule is O=C(CSc1nnc(-c2ccc(Cl)cc2)n1Cc1ccco1)NC(=O)NCc1ccccc1. The van der Waals surface area contributed by atoms with Crippen LogP contribution in [0.2, 0.25) is 5.02 Å². The van der Waals surface area contributed by atoms with Crippen LogP contribution in [-0.4, -0.2) is 32.5 Å². The Morgan fingerprint density at radius 1 is 1.00 bits per heavy atom. The van der Waals surface area contributed by atoms with E-state index in [1.165, 1.54) is 11.8 Å². The van der Waals surface area contributed by atoms with Crippen molar-refractivity contribution in [3.63, 3.8) is 0 Å². The maximum Gasteiger partial charge on any atom is 0.321 e. The second kappa shape index (κ2) is 10.8. The van der Waals surface area contributed by atoms with E-state index in [1.54, 1.807) is 24.5 Å². The second-order valence-electron chi connectivity index (χ2n) is 6.98. The fourth-order valence-corrected chi connectivity index (χ4v) is 3.89. The highest BCUT2D eigenvalue weighted by Gasteiger charge is 2.18. The summed E-state index contributed by atoms with van der Waals surface area (Å²) < 4.78 is 7.33. The van der Waals surface area contributed by atoms with Crippen LogP contribution in [0.4, 0.5) is 4.79 Å². The van der Waals surface area contributed by atoms with Crippen molar-refractivity contribution < 1.29 is 14.0 Å². The van der Waals surface area contributed by atoms with Crippen molar-refractivity contribution in [3.8, 4) is 11.4 Å². The van der Waals surface area contributed by atoms with Gasteiger partial charge in [0.05, 0.1) is 18.6 Å². The molecule has 4 aromatic rings. The molecule has 0 bridgehead atoms. The number of hydrogen-bond donors (Lipinski definition) is 2. The van der Waals surface area contributed by atoms with Crippen molar-refractivity contribution in [2.75, 3.05) is 5.75 Å². The summed E-state index contributed by atoms with van der Waals surface area (Å²) in [6, 6.07) is 19.8. The van der Waals surface area contributed by atoms with Gasteiger partial charge in [0, 0.05) is 17.1 Å². The predicted octanol–water partition coefficient (Wildman–Crippen LogP) is 4.36. The normalized spacial score (nSPS) is 10.7. The first-order valence-electron chi connectivity index (χ1n) is 10.0. The first kappa shape index (κ1) is 22.6. The van der Waals surface area contributed by atoms with Crippen molar-refractivity contribution in [3.05, 3.63) is 89.3 Å². The van der Waals surface area contributed by atoms with E-state index < -0.39 is 11.9 Å². The average molecular weight is 482 g/mol. The number of thioether (sulfide) groups is 1. The number of hydrogen-bond acceptors (Lipinski definition) is 6. The molecule has 4 rings (SSSR count). The molecule has 168 valence electrons. The molecular weight excluding hydrogens is 462 g/mol. The lowest BCUT2D eigenvalue weighted by molar-refractivity contribution is -0.117. The molecular formula is C23H20ClN5O3S. The second-order valence-corrected chi connectivity index (χ2v) is 8.36. The van der Waals surface area contributed by atoms with Crippen molar-refractivity contribution in [2.45, 2.75) is 18.2 Å². The van der Waals surface area contributed by atoms with Crippen LogP contribution in [0.15, 0.2) is 82.6 Å². The van der Waals surface area contributed by atoms with Crippen LogP contribution in [-0.2, 0) is 17.9 Å². The summed E-state index contributed by atoms with van der Waals surface area (Å²) in [6.45, 7) is 0.717. The van der Waals surface area contributed by atoms with Crippen LogP contribution in [0, 0.1) is 0 Å². The Balaban J connectivity index is 1.40. The van der Waals surface area contributed by atoms with E-state index in [4.69, 9.17) is 16.0 Å². The summed E-state index contributed by atoms with van der Waals surface area (Å²) in [6.07, 6.45) is 1.59. The van der Waals surface area contributed by atoms with Crippen molar-refractivity contribution in [2.24, 2.45) is 0 Å². The summed E-state index contributed by atoms with van der Waals surface area (Å²) in [7, 11) is 0. The minimum atomic E-state index is -0.552. The highest BCUT2D eigenvalue weighted by molar-refractivity contribution is 7.99. The maximum atomic E-state index is 12.3. The van der Waals surface area contributed by atoms with Crippen LogP contribution in [0.1, 0.15) is 11.3 Å². The third-order valence-electron chi connectivity index (χ3n) is 4.59. The van der Waals surface area contributed by atoms with Gasteiger partial charge in [-0.2, -0.15) is 0 Å². The Morgan fingerprint density at radius 2 is 1.79 bits per heavy atom. The van der Waals surface area contributed by atoms with Gasteiger partial charge in [-0.1, -0.05) is 53.7 Å². The number of urea groups is 1. The Bertz CT molecular complexity index is 1210. The number of halogens is 1. The van der Waals surface area contributed by atoms with Crippen LogP contribution in [0.3, 0.4) is 0 Å². The smallest absolute Gasteiger partial charge is 0.321 e. The van der Waals surface area contributed by atoms with E-state index in [-0.39, 0.29) is 5.75 Å². The van der Waals surface area contributed by atoms with Crippen molar-refractivity contribution >= 4 is 35.3 Å². The first-order valence-corrected chi connectivity index (χ1v) is 11.4. The minimum absolute atomic E-state index is 0.00430. The number of rotatable bonds is 8. The summed E-state index contributed by atoms with van der Waals surface area (Å²) in [5.41, 5.74) is 1.77. The fraction of sp³-hybridized carbons (Fsp3) is 0.130. The van der Waals surface area contributed by atoms with Crippen molar-refractivity contribution in [1.82, 2.24) is 25.4 Å². The standard InChI is InChI=1S/C23H20ClN5O3S/c24-18-10-8-17(9-11-18)21-27-28-23(29(21)14-19-7-4-12-32-19)33-15-20(30)26-22(31)25-13-16-5-2-1-3-6-16/h1-12H,13-15H2,(H2,25,26,30,31). The quantitative estimate of drug-likeness (QED) is 0.362. The van der Waals surface area contributed by atoms with E-state index in [2.05, 4.69) is 20.8 Å². The number of carbonyl (C=O) groups is 2. The molecule has 33 heavy (non-hydrogen) atoms. The molecule has 2 aromatic carbocycles. The van der Waals surface area contributed by atoms with E-state index in [1.807, 2.05) is 53.1 Å². The number of nitrogens with zero attached hydrogens (tertiary/aromatic N) is 3. The number of amides is 3. The first-order chi connectivity index (χ1) is 16.1. The van der Waals surface area contributed by atoms with Crippen LogP contribution in [0.25, 0.3) is 11.4 Å². The molecule has 10 heteroatoms. The summed E-state index contributed by atoms with van der Waals surface area (Å²) in [4.78, 5) is 24.3. The van der Waals surface area contributed by atoms with Gasteiger partial charge in [0.25, 0.3) is 0 Å². The third kappa shape index (κ3) is 6.24. The average Bonchev–Trinajstić information content (AvgIpc) is 3.48. The number of aromatic nitrogens is 3. The van der Waals surface area contributed by atoms with Gasteiger partial charge < -0.3 is 9.73 Å². The summed E-state index contributed by atoms with van der Waals surface area (Å²) >= 11 is 7.19. The van der Waals surface area contributed by atoms with Gasteiger partial charge in [0.15, 0.2) is 11.0 Å². The number of benzene rings is 2. The largest absolute Gasteiger partial charge is 0.467 e. The number of imide groups is 1. The molecule has 0 radical (unpaired) electrons. The van der Waals surface area contributed by atoms with Gasteiger partial charge in [-0.15, -0.1) is 10.2 Å². The van der Waals surface area contributed by atoms with Gasteiger partial charge in [-0.25, -0.2) is 4.79 Å². The van der Waals surface area contributed by atoms with Crippen molar-refractivity contribution in [1.29, 1.82) is 0 Å². The molecule has 0 fully saturated rings. The lowest BCUT2D eigenvalue weighted by atomic mass is 10.2. The summed E-state index contributed by atoms with van der Waals surface area (Å²) in [5.74, 6) is 0.893. The van der Waals surface area contributed by atoms with Gasteiger partial charge in [0.2, 0.25) is 5.91 Å². The molecule has 0 saturated carbocycles. The topological polar surface area (TPSA) is 102 Å². The highest BCUT2D eigenvalue weighted by atomic mass is 35.5. The Kier molecular flexibility index (Phi) is 7.43. The Morgan fingerprint density at radius 3 is 2.52 bits per heavy atom. The lowest BCUT2D eigenvalue weighted by Gasteiger charge is -2.09. The molecule has 0 saturated heterocycles. The molecule has 0 aliphatic heterocycles. The molecule has 2 heterocycles. The van der Waals surface area contributed by atoms with Crippen LogP contribution in [0.5, 0.6) is 0 Å². The van der Waals surface area contributed by atoms with Gasteiger partial charge in [-0.05, 0) is 42.0 Å². The zero-order valence-electron chi connectivity index (χ0n) is 17.4. The molecule has 0 spiro atoms. The molecule has 0 aliphatic carbocycles. The molecule has 2 aromatic heterocycles. The molecule has 3 amide bonds. The van der Waals surface area contributed by atoms with E-state index in [0.717, 1.165) is 16.9 Å². The summed E-state index contributed by atoms with van der Waals surface area (Å²) in [5, 5.41) is 14.7. The van der Waals surface area contributed by atoms with E-state index in [0.29, 0.717) is 29.1 Å². The highest BCUT2D eigenvalue weighted by Crippen LogP contribution is 2.26. The monoisotopic (exact) mass is 481 g/mol. The lowest BCUT2D eigenvalue weighted by Crippen LogP contribution is -2.40. The number of carbonyl (C=O) groups excluding carboxylic acids is 2. The van der Waals surface area contributed by atoms with E-state index >= 15 is 0 Å². The van der Waals surface area contributed by atoms with Gasteiger partial charge >= 0.3 is 6.03 Å². The zero-order valence-corrected chi connectivity index (χ0v) is 19.0. The Labute approximate surface area is 199 Å². The van der Waals surface area contributed by atoms with Gasteiger partial charge in [0.1, 0.15) is 5.76 Å². The molecule has 0 atom stereocenters. The molecule has 2 N–H and O–H groups in total. The number of nitrogens with one attached hydrogen (secondary N) is 2. The van der Waals surface area contributed by atoms with E-state index in [9.17, 15) is 9.59 Å². The molecule has 0 unspecified atom stereocenters.